The molecule has 21 heavy (non-hydrogen) atoms. The van der Waals surface area contributed by atoms with Crippen LogP contribution in [0.15, 0.2) is 27.2 Å². The van der Waals surface area contributed by atoms with Crippen LogP contribution in [0.5, 0.6) is 0 Å². The molecule has 0 atom stereocenters. The van der Waals surface area contributed by atoms with E-state index in [2.05, 4.69) is 4.98 Å². The van der Waals surface area contributed by atoms with Gasteiger partial charge < -0.3 is 4.98 Å². The lowest BCUT2D eigenvalue weighted by atomic mass is 10.2. The van der Waals surface area contributed by atoms with Gasteiger partial charge in [-0.2, -0.15) is 4.31 Å². The third kappa shape index (κ3) is 3.20. The Morgan fingerprint density at radius 1 is 1.29 bits per heavy atom. The van der Waals surface area contributed by atoms with Crippen LogP contribution in [-0.2, 0) is 16.6 Å². The number of hydrogen-bond donors (Lipinski definition) is 1. The Morgan fingerprint density at radius 2 is 1.95 bits per heavy atom. The molecule has 2 rings (SSSR count). The molecule has 1 N–H and O–H groups in total. The first-order chi connectivity index (χ1) is 9.71. The summed E-state index contributed by atoms with van der Waals surface area (Å²) in [4.78, 5) is 13.1. The molecule has 0 fully saturated rings. The van der Waals surface area contributed by atoms with Crippen molar-refractivity contribution < 1.29 is 17.2 Å². The average Bonchev–Trinajstić information content (AvgIpc) is 2.73. The van der Waals surface area contributed by atoms with Gasteiger partial charge in [0.2, 0.25) is 0 Å². The zero-order valence-corrected chi connectivity index (χ0v) is 12.8. The van der Waals surface area contributed by atoms with Gasteiger partial charge >= 0.3 is 4.87 Å². The summed E-state index contributed by atoms with van der Waals surface area (Å²) in [5, 5.41) is 0. The van der Waals surface area contributed by atoms with Crippen LogP contribution in [0.4, 0.5) is 8.78 Å². The minimum absolute atomic E-state index is 0.0856. The number of hydrogen-bond acceptors (Lipinski definition) is 4. The number of sulfonamides is 1. The fraction of sp³-hybridized carbons (Fsp3) is 0.250. The van der Waals surface area contributed by atoms with Crippen molar-refractivity contribution in [3.05, 3.63) is 50.8 Å². The summed E-state index contributed by atoms with van der Waals surface area (Å²) < 4.78 is 51.5. The Labute approximate surface area is 123 Å². The van der Waals surface area contributed by atoms with E-state index in [1.807, 2.05) is 0 Å². The van der Waals surface area contributed by atoms with Crippen molar-refractivity contribution in [3.63, 3.8) is 0 Å². The number of aromatic nitrogens is 1. The van der Waals surface area contributed by atoms with Crippen molar-refractivity contribution in [2.45, 2.75) is 17.7 Å². The van der Waals surface area contributed by atoms with E-state index in [9.17, 15) is 22.0 Å². The van der Waals surface area contributed by atoms with Crippen molar-refractivity contribution in [2.75, 3.05) is 7.05 Å². The lowest BCUT2D eigenvalue weighted by molar-refractivity contribution is 0.463. The molecule has 0 amide bonds. The summed E-state index contributed by atoms with van der Waals surface area (Å²) >= 11 is 0.591. The lowest BCUT2D eigenvalue weighted by Gasteiger charge is -2.16. The molecule has 2 aromatic rings. The number of halogens is 2. The van der Waals surface area contributed by atoms with E-state index < -0.39 is 26.5 Å². The van der Waals surface area contributed by atoms with Crippen molar-refractivity contribution in [1.82, 2.24) is 9.29 Å². The first-order valence-corrected chi connectivity index (χ1v) is 8.07. The van der Waals surface area contributed by atoms with E-state index in [1.54, 1.807) is 0 Å². The second-order valence-corrected chi connectivity index (χ2v) is 7.66. The van der Waals surface area contributed by atoms with E-state index in [1.165, 1.54) is 20.0 Å². The third-order valence-electron chi connectivity index (χ3n) is 2.81. The number of aryl methyl sites for hydroxylation is 1. The van der Waals surface area contributed by atoms with Gasteiger partial charge in [-0.15, -0.1) is 0 Å². The number of nitrogens with zero attached hydrogens (tertiary/aromatic N) is 1. The van der Waals surface area contributed by atoms with Gasteiger partial charge in [-0.05, 0) is 24.6 Å². The molecular weight excluding hydrogens is 322 g/mol. The van der Waals surface area contributed by atoms with Gasteiger partial charge in [-0.3, -0.25) is 4.79 Å². The van der Waals surface area contributed by atoms with Crippen LogP contribution in [0.3, 0.4) is 0 Å². The Kier molecular flexibility index (Phi) is 4.26. The van der Waals surface area contributed by atoms with Crippen molar-refractivity contribution in [3.8, 4) is 0 Å². The van der Waals surface area contributed by atoms with Crippen molar-refractivity contribution in [1.29, 1.82) is 0 Å². The molecule has 0 spiro atoms. The number of nitrogens with one attached hydrogen (secondary N) is 1. The molecule has 9 heteroatoms. The molecule has 0 aliphatic heterocycles. The van der Waals surface area contributed by atoms with Crippen LogP contribution >= 0.6 is 11.3 Å². The second kappa shape index (κ2) is 5.66. The SMILES string of the molecule is Cc1[nH]c(=O)sc1S(=O)(=O)N(C)Cc1ccc(F)c(F)c1. The van der Waals surface area contributed by atoms with Crippen LogP contribution < -0.4 is 4.87 Å². The van der Waals surface area contributed by atoms with Gasteiger partial charge in [0.25, 0.3) is 10.0 Å². The Morgan fingerprint density at radius 3 is 2.48 bits per heavy atom. The molecule has 1 heterocycles. The highest BCUT2D eigenvalue weighted by atomic mass is 32.2. The maximum atomic E-state index is 13.1. The average molecular weight is 334 g/mol. The largest absolute Gasteiger partial charge is 0.315 e. The maximum absolute atomic E-state index is 13.1. The minimum Gasteiger partial charge on any atom is -0.315 e. The van der Waals surface area contributed by atoms with E-state index in [0.29, 0.717) is 16.9 Å². The molecule has 0 bridgehead atoms. The molecule has 1 aromatic carbocycles. The van der Waals surface area contributed by atoms with E-state index in [-0.39, 0.29) is 16.4 Å². The molecule has 0 saturated heterocycles. The predicted octanol–water partition coefficient (Wildman–Crippen LogP) is 1.84. The maximum Gasteiger partial charge on any atom is 0.305 e. The molecular formula is C12H12F2N2O3S2. The summed E-state index contributed by atoms with van der Waals surface area (Å²) in [6.45, 7) is 1.35. The van der Waals surface area contributed by atoms with Crippen LogP contribution in [-0.4, -0.2) is 24.8 Å². The van der Waals surface area contributed by atoms with Gasteiger partial charge in [-0.25, -0.2) is 17.2 Å². The molecule has 1 aromatic heterocycles. The van der Waals surface area contributed by atoms with Gasteiger partial charge in [0.15, 0.2) is 15.8 Å². The zero-order valence-electron chi connectivity index (χ0n) is 11.2. The van der Waals surface area contributed by atoms with Crippen LogP contribution in [0.1, 0.15) is 11.3 Å². The predicted molar refractivity (Wildman–Crippen MR) is 74.7 cm³/mol. The Hall–Kier alpha value is -1.58. The molecule has 0 radical (unpaired) electrons. The number of benzene rings is 1. The molecule has 0 aliphatic carbocycles. The highest BCUT2D eigenvalue weighted by Gasteiger charge is 2.26. The van der Waals surface area contributed by atoms with E-state index in [4.69, 9.17) is 0 Å². The smallest absolute Gasteiger partial charge is 0.305 e. The Balaban J connectivity index is 2.30. The van der Waals surface area contributed by atoms with E-state index in [0.717, 1.165) is 16.4 Å². The van der Waals surface area contributed by atoms with E-state index >= 15 is 0 Å². The first kappa shape index (κ1) is 15.8. The number of aromatic amines is 1. The van der Waals surface area contributed by atoms with Gasteiger partial charge in [-0.1, -0.05) is 17.4 Å². The molecule has 0 saturated carbocycles. The monoisotopic (exact) mass is 334 g/mol. The number of H-pyrrole nitrogens is 1. The summed E-state index contributed by atoms with van der Waals surface area (Å²) in [6, 6.07) is 3.18. The standard InChI is InChI=1S/C12H12F2N2O3S2/c1-7-11(20-12(17)15-7)21(18,19)16(2)6-8-3-4-9(13)10(14)5-8/h3-5H,6H2,1-2H3,(H,15,17). The van der Waals surface area contributed by atoms with Crippen LogP contribution in [0.2, 0.25) is 0 Å². The van der Waals surface area contributed by atoms with Crippen molar-refractivity contribution in [2.24, 2.45) is 0 Å². The Bertz CT molecular complexity index is 827. The zero-order chi connectivity index (χ0) is 15.8. The van der Waals surface area contributed by atoms with Gasteiger partial charge in [0.05, 0.1) is 0 Å². The van der Waals surface area contributed by atoms with Crippen LogP contribution in [0.25, 0.3) is 0 Å². The quantitative estimate of drug-likeness (QED) is 0.927. The van der Waals surface area contributed by atoms with Crippen molar-refractivity contribution >= 4 is 21.4 Å². The summed E-state index contributed by atoms with van der Waals surface area (Å²) in [7, 11) is -2.56. The summed E-state index contributed by atoms with van der Waals surface area (Å²) in [6.07, 6.45) is 0. The second-order valence-electron chi connectivity index (χ2n) is 4.44. The highest BCUT2D eigenvalue weighted by molar-refractivity contribution is 7.91. The molecule has 114 valence electrons. The van der Waals surface area contributed by atoms with Crippen LogP contribution in [0, 0.1) is 18.6 Å². The number of thiazole rings is 1. The normalized spacial score (nSPS) is 12.0. The third-order valence-corrected chi connectivity index (χ3v) is 6.20. The summed E-state index contributed by atoms with van der Waals surface area (Å²) in [5.41, 5.74) is 0.558. The summed E-state index contributed by atoms with van der Waals surface area (Å²) in [5.74, 6) is -2.04. The van der Waals surface area contributed by atoms with Gasteiger partial charge in [0.1, 0.15) is 0 Å². The molecule has 0 unspecified atom stereocenters. The lowest BCUT2D eigenvalue weighted by Crippen LogP contribution is -2.26. The first-order valence-electron chi connectivity index (χ1n) is 5.82. The molecule has 5 nitrogen and oxygen atoms in total. The topological polar surface area (TPSA) is 70.2 Å². The fourth-order valence-corrected chi connectivity index (χ4v) is 4.40. The highest BCUT2D eigenvalue weighted by Crippen LogP contribution is 2.22. The minimum atomic E-state index is -3.87. The molecule has 0 aliphatic rings. The fourth-order valence-electron chi connectivity index (χ4n) is 1.76. The van der Waals surface area contributed by atoms with Gasteiger partial charge in [0, 0.05) is 19.3 Å². The number of rotatable bonds is 4.